The van der Waals surface area contributed by atoms with Crippen molar-refractivity contribution in [2.75, 3.05) is 5.32 Å². The van der Waals surface area contributed by atoms with Gasteiger partial charge in [-0.1, -0.05) is 12.1 Å². The zero-order valence-electron chi connectivity index (χ0n) is 12.5. The van der Waals surface area contributed by atoms with Crippen molar-refractivity contribution in [3.63, 3.8) is 0 Å². The summed E-state index contributed by atoms with van der Waals surface area (Å²) in [5, 5.41) is 3.28. The third-order valence-corrected chi connectivity index (χ3v) is 3.73. The Labute approximate surface area is 132 Å². The van der Waals surface area contributed by atoms with Crippen LogP contribution in [0.4, 0.5) is 5.95 Å². The van der Waals surface area contributed by atoms with Crippen LogP contribution in [0.15, 0.2) is 65.9 Å². The fraction of sp³-hybridized carbons (Fsp3) is 0.118. The van der Waals surface area contributed by atoms with E-state index in [0.29, 0.717) is 5.95 Å². The normalized spacial score (nSPS) is 12.4. The number of benzene rings is 1. The van der Waals surface area contributed by atoms with E-state index < -0.39 is 0 Å². The summed E-state index contributed by atoms with van der Waals surface area (Å²) in [6.07, 6.45) is 6.88. The molecule has 0 fully saturated rings. The van der Waals surface area contributed by atoms with E-state index in [-0.39, 0.29) is 6.04 Å². The van der Waals surface area contributed by atoms with Gasteiger partial charge < -0.3 is 9.73 Å². The summed E-state index contributed by atoms with van der Waals surface area (Å²) in [5.41, 5.74) is 3.00. The summed E-state index contributed by atoms with van der Waals surface area (Å²) in [4.78, 5) is 13.3. The van der Waals surface area contributed by atoms with Gasteiger partial charge in [0.05, 0.1) is 29.6 Å². The SMILES string of the molecule is CC(Nc1nccc(-n2cnc3ccccc32)n1)c1ccoc1. The molecule has 6 nitrogen and oxygen atoms in total. The summed E-state index contributed by atoms with van der Waals surface area (Å²) < 4.78 is 7.06. The molecule has 0 saturated heterocycles. The first-order valence-corrected chi connectivity index (χ1v) is 7.35. The van der Waals surface area contributed by atoms with Crippen LogP contribution in [0.3, 0.4) is 0 Å². The average molecular weight is 305 g/mol. The van der Waals surface area contributed by atoms with E-state index in [9.17, 15) is 0 Å². The highest BCUT2D eigenvalue weighted by atomic mass is 16.3. The molecule has 4 rings (SSSR count). The van der Waals surface area contributed by atoms with Gasteiger partial charge in [-0.15, -0.1) is 0 Å². The number of rotatable bonds is 4. The number of imidazole rings is 1. The Kier molecular flexibility index (Phi) is 3.27. The van der Waals surface area contributed by atoms with E-state index in [1.54, 1.807) is 25.1 Å². The second-order valence-corrected chi connectivity index (χ2v) is 5.26. The second-order valence-electron chi connectivity index (χ2n) is 5.26. The van der Waals surface area contributed by atoms with Gasteiger partial charge in [0.25, 0.3) is 0 Å². The monoisotopic (exact) mass is 305 g/mol. The van der Waals surface area contributed by atoms with Gasteiger partial charge in [-0.25, -0.2) is 9.97 Å². The molecule has 1 N–H and O–H groups in total. The Hall–Kier alpha value is -3.15. The Morgan fingerprint density at radius 1 is 1.13 bits per heavy atom. The maximum absolute atomic E-state index is 5.11. The number of nitrogens with one attached hydrogen (secondary N) is 1. The molecule has 0 radical (unpaired) electrons. The highest BCUT2D eigenvalue weighted by molar-refractivity contribution is 5.76. The number of nitrogens with zero attached hydrogens (tertiary/aromatic N) is 4. The zero-order chi connectivity index (χ0) is 15.6. The van der Waals surface area contributed by atoms with Crippen molar-refractivity contribution >= 4 is 17.0 Å². The van der Waals surface area contributed by atoms with E-state index in [4.69, 9.17) is 4.42 Å². The molecule has 1 atom stereocenters. The van der Waals surface area contributed by atoms with E-state index in [0.717, 1.165) is 22.4 Å². The van der Waals surface area contributed by atoms with Gasteiger partial charge in [0.2, 0.25) is 5.95 Å². The summed E-state index contributed by atoms with van der Waals surface area (Å²) in [6, 6.07) is 11.8. The van der Waals surface area contributed by atoms with E-state index >= 15 is 0 Å². The van der Waals surface area contributed by atoms with Crippen LogP contribution in [0.2, 0.25) is 0 Å². The number of anilines is 1. The first kappa shape index (κ1) is 13.5. The van der Waals surface area contributed by atoms with Crippen molar-refractivity contribution in [1.29, 1.82) is 0 Å². The fourth-order valence-corrected chi connectivity index (χ4v) is 2.49. The molecule has 3 heterocycles. The molecule has 0 spiro atoms. The lowest BCUT2D eigenvalue weighted by Gasteiger charge is -2.12. The minimum Gasteiger partial charge on any atom is -0.472 e. The van der Waals surface area contributed by atoms with Crippen LogP contribution >= 0.6 is 0 Å². The topological polar surface area (TPSA) is 68.8 Å². The predicted molar refractivity (Wildman–Crippen MR) is 87.4 cm³/mol. The highest BCUT2D eigenvalue weighted by Gasteiger charge is 2.10. The molecular formula is C17H15N5O. The maximum atomic E-state index is 5.11. The number of hydrogen-bond donors (Lipinski definition) is 1. The third-order valence-electron chi connectivity index (χ3n) is 3.73. The van der Waals surface area contributed by atoms with Gasteiger partial charge in [-0.05, 0) is 31.2 Å². The maximum Gasteiger partial charge on any atom is 0.225 e. The van der Waals surface area contributed by atoms with Crippen LogP contribution < -0.4 is 5.32 Å². The van der Waals surface area contributed by atoms with Gasteiger partial charge in [0.15, 0.2) is 0 Å². The molecule has 0 aliphatic carbocycles. The van der Waals surface area contributed by atoms with E-state index in [1.807, 2.05) is 47.9 Å². The van der Waals surface area contributed by atoms with Crippen molar-refractivity contribution in [1.82, 2.24) is 19.5 Å². The molecule has 4 aromatic rings. The smallest absolute Gasteiger partial charge is 0.225 e. The van der Waals surface area contributed by atoms with Gasteiger partial charge in [0.1, 0.15) is 12.1 Å². The Bertz CT molecular complexity index is 929. The molecule has 0 amide bonds. The van der Waals surface area contributed by atoms with Crippen molar-refractivity contribution in [3.8, 4) is 5.82 Å². The molecule has 6 heteroatoms. The minimum atomic E-state index is 0.0588. The lowest BCUT2D eigenvalue weighted by Crippen LogP contribution is -2.10. The predicted octanol–water partition coefficient (Wildman–Crippen LogP) is 3.58. The third kappa shape index (κ3) is 2.55. The van der Waals surface area contributed by atoms with Crippen molar-refractivity contribution < 1.29 is 4.42 Å². The molecule has 3 aromatic heterocycles. The Morgan fingerprint density at radius 3 is 2.91 bits per heavy atom. The Morgan fingerprint density at radius 2 is 2.04 bits per heavy atom. The molecule has 23 heavy (non-hydrogen) atoms. The molecule has 0 aliphatic rings. The van der Waals surface area contributed by atoms with Gasteiger partial charge in [-0.3, -0.25) is 4.57 Å². The summed E-state index contributed by atoms with van der Waals surface area (Å²) in [5.74, 6) is 1.34. The largest absolute Gasteiger partial charge is 0.472 e. The van der Waals surface area contributed by atoms with Crippen molar-refractivity contribution in [2.24, 2.45) is 0 Å². The van der Waals surface area contributed by atoms with Gasteiger partial charge >= 0.3 is 0 Å². The van der Waals surface area contributed by atoms with Crippen LogP contribution in [0.5, 0.6) is 0 Å². The summed E-state index contributed by atoms with van der Waals surface area (Å²) in [7, 11) is 0. The Balaban J connectivity index is 1.66. The lowest BCUT2D eigenvalue weighted by atomic mass is 10.2. The zero-order valence-corrected chi connectivity index (χ0v) is 12.5. The van der Waals surface area contributed by atoms with Gasteiger partial charge in [0, 0.05) is 11.8 Å². The van der Waals surface area contributed by atoms with E-state index in [2.05, 4.69) is 20.3 Å². The summed E-state index contributed by atoms with van der Waals surface area (Å²) >= 11 is 0. The lowest BCUT2D eigenvalue weighted by molar-refractivity contribution is 0.562. The molecule has 0 bridgehead atoms. The molecule has 0 saturated carbocycles. The number of fused-ring (bicyclic) bond motifs is 1. The van der Waals surface area contributed by atoms with Gasteiger partial charge in [-0.2, -0.15) is 4.98 Å². The van der Waals surface area contributed by atoms with Crippen molar-refractivity contribution in [3.05, 3.63) is 67.0 Å². The summed E-state index contributed by atoms with van der Waals surface area (Å²) in [6.45, 7) is 2.04. The van der Waals surface area contributed by atoms with Crippen LogP contribution in [0.1, 0.15) is 18.5 Å². The quantitative estimate of drug-likeness (QED) is 0.624. The fourth-order valence-electron chi connectivity index (χ4n) is 2.49. The second kappa shape index (κ2) is 5.57. The van der Waals surface area contributed by atoms with Crippen LogP contribution in [0, 0.1) is 0 Å². The number of hydrogen-bond acceptors (Lipinski definition) is 5. The average Bonchev–Trinajstić information content (AvgIpc) is 3.25. The first-order chi connectivity index (χ1) is 11.3. The van der Waals surface area contributed by atoms with Crippen LogP contribution in [-0.4, -0.2) is 19.5 Å². The van der Waals surface area contributed by atoms with E-state index in [1.165, 1.54) is 0 Å². The molecule has 0 aliphatic heterocycles. The van der Waals surface area contributed by atoms with Crippen LogP contribution in [-0.2, 0) is 0 Å². The first-order valence-electron chi connectivity index (χ1n) is 7.35. The number of aromatic nitrogens is 4. The van der Waals surface area contributed by atoms with Crippen LogP contribution in [0.25, 0.3) is 16.9 Å². The van der Waals surface area contributed by atoms with Crippen molar-refractivity contribution in [2.45, 2.75) is 13.0 Å². The molecular weight excluding hydrogens is 290 g/mol. The molecule has 1 unspecified atom stereocenters. The minimum absolute atomic E-state index is 0.0588. The highest BCUT2D eigenvalue weighted by Crippen LogP contribution is 2.19. The standard InChI is InChI=1S/C17H15N5O/c1-12(13-7-9-23-10-13)20-17-18-8-6-16(21-17)22-11-19-14-4-2-3-5-15(14)22/h2-12H,1H3,(H,18,20,21). The molecule has 114 valence electrons. The number of furan rings is 1. The number of para-hydroxylation sites is 2. The molecule has 1 aromatic carbocycles.